The average molecular weight is 365 g/mol. The lowest BCUT2D eigenvalue weighted by atomic mass is 10.0. The van der Waals surface area contributed by atoms with Crippen LogP contribution in [0.25, 0.3) is 11.4 Å². The second kappa shape index (κ2) is 7.80. The molecule has 0 saturated carbocycles. The van der Waals surface area contributed by atoms with E-state index in [0.29, 0.717) is 30.1 Å². The number of nitrogens with zero attached hydrogens (tertiary/aromatic N) is 3. The van der Waals surface area contributed by atoms with Crippen molar-refractivity contribution in [3.05, 3.63) is 60.0 Å². The topological polar surface area (TPSA) is 60.6 Å². The number of rotatable bonds is 6. The van der Waals surface area contributed by atoms with E-state index in [4.69, 9.17) is 14.0 Å². The van der Waals surface area contributed by atoms with Gasteiger partial charge in [-0.25, -0.2) is 0 Å². The van der Waals surface area contributed by atoms with Gasteiger partial charge >= 0.3 is 0 Å². The van der Waals surface area contributed by atoms with E-state index in [2.05, 4.69) is 45.4 Å². The fourth-order valence-corrected chi connectivity index (χ4v) is 3.65. The van der Waals surface area contributed by atoms with E-state index in [1.165, 1.54) is 12.0 Å². The van der Waals surface area contributed by atoms with Gasteiger partial charge in [0.05, 0.1) is 26.3 Å². The summed E-state index contributed by atoms with van der Waals surface area (Å²) in [5.41, 5.74) is 2.13. The average Bonchev–Trinajstić information content (AvgIpc) is 3.38. The Morgan fingerprint density at radius 2 is 1.96 bits per heavy atom. The maximum atomic E-state index is 5.53. The number of hydrogen-bond donors (Lipinski definition) is 0. The van der Waals surface area contributed by atoms with Crippen LogP contribution in [0.5, 0.6) is 11.5 Å². The summed E-state index contributed by atoms with van der Waals surface area (Å²) < 4.78 is 16.2. The lowest BCUT2D eigenvalue weighted by molar-refractivity contribution is 0.212. The molecule has 2 heterocycles. The summed E-state index contributed by atoms with van der Waals surface area (Å²) in [4.78, 5) is 7.00. The van der Waals surface area contributed by atoms with Gasteiger partial charge in [0.1, 0.15) is 11.5 Å². The molecule has 6 heteroatoms. The van der Waals surface area contributed by atoms with Gasteiger partial charge in [-0.1, -0.05) is 35.5 Å². The highest BCUT2D eigenvalue weighted by atomic mass is 16.5. The molecule has 0 radical (unpaired) electrons. The molecule has 1 atom stereocenters. The number of hydrogen-bond acceptors (Lipinski definition) is 6. The highest BCUT2D eigenvalue weighted by molar-refractivity contribution is 5.65. The zero-order valence-corrected chi connectivity index (χ0v) is 15.6. The third-order valence-electron chi connectivity index (χ3n) is 5.00. The Labute approximate surface area is 158 Å². The summed E-state index contributed by atoms with van der Waals surface area (Å²) in [6, 6.07) is 16.6. The van der Waals surface area contributed by atoms with E-state index in [9.17, 15) is 0 Å². The predicted octanol–water partition coefficient (Wildman–Crippen LogP) is 4.09. The van der Waals surface area contributed by atoms with E-state index in [-0.39, 0.29) is 0 Å². The van der Waals surface area contributed by atoms with Crippen LogP contribution in [0.1, 0.15) is 30.3 Å². The van der Waals surface area contributed by atoms with Crippen LogP contribution in [0.4, 0.5) is 0 Å². The van der Waals surface area contributed by atoms with Crippen LogP contribution in [-0.4, -0.2) is 35.8 Å². The van der Waals surface area contributed by atoms with Crippen LogP contribution in [0.15, 0.2) is 53.1 Å². The van der Waals surface area contributed by atoms with Crippen LogP contribution >= 0.6 is 0 Å². The maximum Gasteiger partial charge on any atom is 0.241 e. The molecule has 4 rings (SSSR count). The molecule has 1 fully saturated rings. The van der Waals surface area contributed by atoms with Crippen molar-refractivity contribution in [3.8, 4) is 22.9 Å². The Morgan fingerprint density at radius 3 is 2.74 bits per heavy atom. The standard InChI is InChI=1S/C21H23N3O3/c1-25-16-10-11-17(19(13-16)26-2)21-22-20(27-23-21)14-24-12-6-9-18(24)15-7-4-3-5-8-15/h3-5,7-8,10-11,13,18H,6,9,12,14H2,1-2H3. The van der Waals surface area contributed by atoms with E-state index < -0.39 is 0 Å². The van der Waals surface area contributed by atoms with Gasteiger partial charge in [0.15, 0.2) is 0 Å². The lowest BCUT2D eigenvalue weighted by Crippen LogP contribution is -2.22. The van der Waals surface area contributed by atoms with Crippen LogP contribution < -0.4 is 9.47 Å². The van der Waals surface area contributed by atoms with Crippen molar-refractivity contribution in [1.29, 1.82) is 0 Å². The van der Waals surface area contributed by atoms with Crippen LogP contribution in [0.2, 0.25) is 0 Å². The Hall–Kier alpha value is -2.86. The minimum atomic E-state index is 0.400. The van der Waals surface area contributed by atoms with Gasteiger partial charge in [-0.05, 0) is 37.1 Å². The number of aromatic nitrogens is 2. The van der Waals surface area contributed by atoms with Gasteiger partial charge in [-0.15, -0.1) is 0 Å². The summed E-state index contributed by atoms with van der Waals surface area (Å²) in [6.07, 6.45) is 2.32. The summed E-state index contributed by atoms with van der Waals surface area (Å²) in [6.45, 7) is 1.67. The molecule has 1 aliphatic heterocycles. The van der Waals surface area contributed by atoms with E-state index in [1.807, 2.05) is 18.2 Å². The summed E-state index contributed by atoms with van der Waals surface area (Å²) in [7, 11) is 3.24. The molecular weight excluding hydrogens is 342 g/mol. The molecule has 140 valence electrons. The Bertz CT molecular complexity index is 895. The Balaban J connectivity index is 1.53. The quantitative estimate of drug-likeness (QED) is 0.656. The lowest BCUT2D eigenvalue weighted by Gasteiger charge is -2.22. The van der Waals surface area contributed by atoms with Gasteiger partial charge < -0.3 is 14.0 Å². The molecule has 1 saturated heterocycles. The van der Waals surface area contributed by atoms with Crippen molar-refractivity contribution in [2.24, 2.45) is 0 Å². The third-order valence-corrected chi connectivity index (χ3v) is 5.00. The molecular formula is C21H23N3O3. The first-order valence-corrected chi connectivity index (χ1v) is 9.12. The Kier molecular flexibility index (Phi) is 5.07. The van der Waals surface area contributed by atoms with Crippen molar-refractivity contribution >= 4 is 0 Å². The van der Waals surface area contributed by atoms with Gasteiger partial charge in [0, 0.05) is 12.1 Å². The molecule has 1 unspecified atom stereocenters. The number of methoxy groups -OCH3 is 2. The minimum absolute atomic E-state index is 0.400. The van der Waals surface area contributed by atoms with E-state index in [1.54, 1.807) is 14.2 Å². The molecule has 0 N–H and O–H groups in total. The Morgan fingerprint density at radius 1 is 1.11 bits per heavy atom. The molecule has 2 aromatic carbocycles. The summed E-state index contributed by atoms with van der Waals surface area (Å²) in [5, 5.41) is 4.16. The first-order chi connectivity index (χ1) is 13.3. The third kappa shape index (κ3) is 3.66. The predicted molar refractivity (Wildman–Crippen MR) is 102 cm³/mol. The molecule has 6 nitrogen and oxygen atoms in total. The second-order valence-corrected chi connectivity index (χ2v) is 6.62. The van der Waals surface area contributed by atoms with Crippen molar-refractivity contribution in [1.82, 2.24) is 15.0 Å². The van der Waals surface area contributed by atoms with Crippen molar-refractivity contribution in [2.45, 2.75) is 25.4 Å². The number of likely N-dealkylation sites (tertiary alicyclic amines) is 1. The number of benzene rings is 2. The van der Waals surface area contributed by atoms with Gasteiger partial charge in [-0.2, -0.15) is 4.98 Å². The monoisotopic (exact) mass is 365 g/mol. The smallest absolute Gasteiger partial charge is 0.241 e. The second-order valence-electron chi connectivity index (χ2n) is 6.62. The highest BCUT2D eigenvalue weighted by Gasteiger charge is 2.27. The fraction of sp³-hybridized carbons (Fsp3) is 0.333. The minimum Gasteiger partial charge on any atom is -0.497 e. The van der Waals surface area contributed by atoms with Crippen LogP contribution in [0, 0.1) is 0 Å². The number of ether oxygens (including phenoxy) is 2. The van der Waals surface area contributed by atoms with Crippen molar-refractivity contribution in [3.63, 3.8) is 0 Å². The van der Waals surface area contributed by atoms with Gasteiger partial charge in [0.2, 0.25) is 11.7 Å². The zero-order chi connectivity index (χ0) is 18.6. The molecule has 1 aromatic heterocycles. The van der Waals surface area contributed by atoms with Crippen LogP contribution in [0.3, 0.4) is 0 Å². The van der Waals surface area contributed by atoms with E-state index in [0.717, 1.165) is 24.3 Å². The molecule has 0 aliphatic carbocycles. The summed E-state index contributed by atoms with van der Waals surface area (Å²) in [5.74, 6) is 2.53. The highest BCUT2D eigenvalue weighted by Crippen LogP contribution is 2.34. The fourth-order valence-electron chi connectivity index (χ4n) is 3.65. The molecule has 27 heavy (non-hydrogen) atoms. The molecule has 1 aliphatic rings. The SMILES string of the molecule is COc1ccc(-c2noc(CN3CCCC3c3ccccc3)n2)c(OC)c1. The normalized spacial score (nSPS) is 17.2. The van der Waals surface area contributed by atoms with Crippen molar-refractivity contribution < 1.29 is 14.0 Å². The van der Waals surface area contributed by atoms with Gasteiger partial charge in [0.25, 0.3) is 0 Å². The first-order valence-electron chi connectivity index (χ1n) is 9.12. The first kappa shape index (κ1) is 17.5. The molecule has 0 bridgehead atoms. The molecule has 0 amide bonds. The zero-order valence-electron chi connectivity index (χ0n) is 15.6. The van der Waals surface area contributed by atoms with Crippen molar-refractivity contribution in [2.75, 3.05) is 20.8 Å². The largest absolute Gasteiger partial charge is 0.497 e. The molecule has 0 spiro atoms. The molecule has 3 aromatic rings. The van der Waals surface area contributed by atoms with E-state index >= 15 is 0 Å². The summed E-state index contributed by atoms with van der Waals surface area (Å²) >= 11 is 0. The maximum absolute atomic E-state index is 5.53. The van der Waals surface area contributed by atoms with Gasteiger partial charge in [-0.3, -0.25) is 4.90 Å². The van der Waals surface area contributed by atoms with Crippen LogP contribution in [-0.2, 0) is 6.54 Å².